The molecule has 0 spiro atoms. The molecule has 0 radical (unpaired) electrons. The van der Waals surface area contributed by atoms with E-state index < -0.39 is 28.3 Å². The number of benzene rings is 1. The molecule has 194 valence electrons. The highest BCUT2D eigenvalue weighted by Crippen LogP contribution is 2.24. The lowest BCUT2D eigenvalue weighted by Gasteiger charge is -2.26. The van der Waals surface area contributed by atoms with Gasteiger partial charge in [-0.15, -0.1) is 11.8 Å². The monoisotopic (exact) mass is 524 g/mol. The molecule has 1 aliphatic carbocycles. The molecule has 0 aromatic heterocycles. The molecule has 0 bridgehead atoms. The van der Waals surface area contributed by atoms with Crippen molar-refractivity contribution in [2.24, 2.45) is 0 Å². The number of thioether (sulfide) groups is 1. The van der Waals surface area contributed by atoms with Gasteiger partial charge in [0.25, 0.3) is 5.91 Å². The number of rotatable bonds is 9. The lowest BCUT2D eigenvalue weighted by atomic mass is 9.97. The third kappa shape index (κ3) is 8.52. The van der Waals surface area contributed by atoms with Gasteiger partial charge in [-0.25, -0.2) is 13.2 Å². The minimum absolute atomic E-state index is 0.0518. The zero-order valence-corrected chi connectivity index (χ0v) is 22.0. The molecule has 1 atom stereocenters. The van der Waals surface area contributed by atoms with Gasteiger partial charge in [0.1, 0.15) is 0 Å². The zero-order valence-electron chi connectivity index (χ0n) is 20.4. The Balaban J connectivity index is 1.51. The van der Waals surface area contributed by atoms with Gasteiger partial charge in [-0.1, -0.05) is 44.2 Å². The second-order valence-electron chi connectivity index (χ2n) is 9.21. The Morgan fingerprint density at radius 2 is 1.74 bits per heavy atom. The standard InChI is InChI=1S/C25H36N2O6S2/c1-2-27(20-14-15-35(31,32)18-20)24(29)16-33-25(30)21-12-8-9-13-22(21)34-17-23(28)26-19-10-6-4-3-5-7-11-19/h8-9,12-13,19-20H,2-7,10-11,14-18H2,1H3,(H,26,28)/t20-/m0/s1. The van der Waals surface area contributed by atoms with Gasteiger partial charge >= 0.3 is 5.97 Å². The Morgan fingerprint density at radius 1 is 1.06 bits per heavy atom. The molecule has 1 aromatic rings. The van der Waals surface area contributed by atoms with Crippen molar-refractivity contribution in [2.75, 3.05) is 30.4 Å². The molecule has 2 fully saturated rings. The van der Waals surface area contributed by atoms with Gasteiger partial charge in [0.15, 0.2) is 16.4 Å². The minimum Gasteiger partial charge on any atom is -0.452 e. The first kappa shape index (κ1) is 27.5. The van der Waals surface area contributed by atoms with E-state index in [-0.39, 0.29) is 35.2 Å². The second kappa shape index (κ2) is 13.3. The van der Waals surface area contributed by atoms with Crippen molar-refractivity contribution in [3.05, 3.63) is 29.8 Å². The highest BCUT2D eigenvalue weighted by Gasteiger charge is 2.34. The molecule has 1 heterocycles. The summed E-state index contributed by atoms with van der Waals surface area (Å²) in [6.07, 6.45) is 8.40. The number of ether oxygens (including phenoxy) is 1. The number of likely N-dealkylation sites (N-methyl/N-ethyl adjacent to an activating group) is 1. The topological polar surface area (TPSA) is 110 Å². The van der Waals surface area contributed by atoms with Crippen molar-refractivity contribution >= 4 is 39.4 Å². The molecule has 0 unspecified atom stereocenters. The molecular formula is C25H36N2O6S2. The predicted octanol–water partition coefficient (Wildman–Crippen LogP) is 3.20. The highest BCUT2D eigenvalue weighted by molar-refractivity contribution is 8.00. The van der Waals surface area contributed by atoms with Crippen LogP contribution in [0.25, 0.3) is 0 Å². The molecular weight excluding hydrogens is 488 g/mol. The Morgan fingerprint density at radius 3 is 2.40 bits per heavy atom. The fraction of sp³-hybridized carbons (Fsp3) is 0.640. The van der Waals surface area contributed by atoms with Crippen LogP contribution < -0.4 is 5.32 Å². The van der Waals surface area contributed by atoms with Crippen LogP contribution in [0.2, 0.25) is 0 Å². The summed E-state index contributed by atoms with van der Waals surface area (Å²) < 4.78 is 28.8. The molecule has 1 saturated carbocycles. The third-order valence-corrected chi connectivity index (χ3v) is 9.40. The van der Waals surface area contributed by atoms with Crippen LogP contribution in [0, 0.1) is 0 Å². The van der Waals surface area contributed by atoms with Gasteiger partial charge in [0, 0.05) is 23.5 Å². The Bertz CT molecular complexity index is 989. The summed E-state index contributed by atoms with van der Waals surface area (Å²) >= 11 is 1.27. The van der Waals surface area contributed by atoms with E-state index in [1.54, 1.807) is 31.2 Å². The number of amides is 2. The lowest BCUT2D eigenvalue weighted by Crippen LogP contribution is -2.43. The number of hydrogen-bond acceptors (Lipinski definition) is 7. The number of carbonyl (C=O) groups is 3. The molecule has 3 rings (SSSR count). The maximum atomic E-state index is 12.7. The summed E-state index contributed by atoms with van der Waals surface area (Å²) in [7, 11) is -3.13. The van der Waals surface area contributed by atoms with E-state index in [4.69, 9.17) is 4.74 Å². The van der Waals surface area contributed by atoms with Gasteiger partial charge in [-0.2, -0.15) is 0 Å². The van der Waals surface area contributed by atoms with Gasteiger partial charge in [-0.3, -0.25) is 9.59 Å². The number of hydrogen-bond donors (Lipinski definition) is 1. The van der Waals surface area contributed by atoms with Crippen molar-refractivity contribution in [2.45, 2.75) is 75.3 Å². The van der Waals surface area contributed by atoms with Gasteiger partial charge in [-0.05, 0) is 38.3 Å². The molecule has 1 N–H and O–H groups in total. The SMILES string of the molecule is CCN(C(=O)COC(=O)c1ccccc1SCC(=O)NC1CCCCCCC1)[C@H]1CCS(=O)(=O)C1. The van der Waals surface area contributed by atoms with Crippen LogP contribution >= 0.6 is 11.8 Å². The first-order valence-electron chi connectivity index (χ1n) is 12.5. The number of esters is 1. The fourth-order valence-electron chi connectivity index (χ4n) is 4.72. The first-order valence-corrected chi connectivity index (χ1v) is 15.3. The van der Waals surface area contributed by atoms with Crippen LogP contribution in [0.15, 0.2) is 29.2 Å². The van der Waals surface area contributed by atoms with Crippen molar-refractivity contribution in [3.8, 4) is 0 Å². The van der Waals surface area contributed by atoms with Gasteiger partial charge < -0.3 is 15.0 Å². The summed E-state index contributed by atoms with van der Waals surface area (Å²) in [5.74, 6) is -0.893. The molecule has 2 amide bonds. The van der Waals surface area contributed by atoms with E-state index in [0.717, 1.165) is 25.7 Å². The van der Waals surface area contributed by atoms with Gasteiger partial charge in [0.2, 0.25) is 5.91 Å². The Labute approximate surface area is 212 Å². The normalized spacial score (nSPS) is 20.4. The van der Waals surface area contributed by atoms with E-state index in [2.05, 4.69) is 5.32 Å². The van der Waals surface area contributed by atoms with Crippen molar-refractivity contribution in [1.29, 1.82) is 0 Å². The Kier molecular flexibility index (Phi) is 10.5. The number of nitrogens with zero attached hydrogens (tertiary/aromatic N) is 1. The van der Waals surface area contributed by atoms with E-state index in [1.165, 1.54) is 35.9 Å². The van der Waals surface area contributed by atoms with Crippen LogP contribution in [-0.4, -0.2) is 73.6 Å². The molecule has 35 heavy (non-hydrogen) atoms. The van der Waals surface area contributed by atoms with Crippen LogP contribution in [0.3, 0.4) is 0 Å². The van der Waals surface area contributed by atoms with E-state index in [9.17, 15) is 22.8 Å². The average Bonchev–Trinajstić information content (AvgIpc) is 3.17. The van der Waals surface area contributed by atoms with E-state index in [0.29, 0.717) is 23.4 Å². The number of carbonyl (C=O) groups excluding carboxylic acids is 3. The zero-order chi connectivity index (χ0) is 25.3. The minimum atomic E-state index is -3.13. The number of nitrogens with one attached hydrogen (secondary N) is 1. The van der Waals surface area contributed by atoms with E-state index in [1.807, 2.05) is 0 Å². The molecule has 1 aliphatic heterocycles. The molecule has 10 heteroatoms. The van der Waals surface area contributed by atoms with Crippen molar-refractivity contribution in [1.82, 2.24) is 10.2 Å². The van der Waals surface area contributed by atoms with Gasteiger partial charge in [0.05, 0.1) is 22.8 Å². The highest BCUT2D eigenvalue weighted by atomic mass is 32.2. The summed E-state index contributed by atoms with van der Waals surface area (Å²) in [6.45, 7) is 1.67. The Hall–Kier alpha value is -2.07. The predicted molar refractivity (Wildman–Crippen MR) is 136 cm³/mol. The fourth-order valence-corrected chi connectivity index (χ4v) is 7.30. The maximum absolute atomic E-state index is 12.7. The molecule has 2 aliphatic rings. The average molecular weight is 525 g/mol. The molecule has 1 saturated heterocycles. The van der Waals surface area contributed by atoms with Crippen LogP contribution in [-0.2, 0) is 24.2 Å². The second-order valence-corrected chi connectivity index (χ2v) is 12.5. The summed E-state index contributed by atoms with van der Waals surface area (Å²) in [5.41, 5.74) is 0.301. The van der Waals surface area contributed by atoms with Crippen LogP contribution in [0.5, 0.6) is 0 Å². The number of sulfone groups is 1. The summed E-state index contributed by atoms with van der Waals surface area (Å²) in [5, 5.41) is 3.13. The summed E-state index contributed by atoms with van der Waals surface area (Å²) in [6, 6.07) is 6.70. The largest absolute Gasteiger partial charge is 0.452 e. The van der Waals surface area contributed by atoms with Crippen LogP contribution in [0.1, 0.15) is 68.6 Å². The smallest absolute Gasteiger partial charge is 0.339 e. The molecule has 8 nitrogen and oxygen atoms in total. The van der Waals surface area contributed by atoms with Crippen LogP contribution in [0.4, 0.5) is 0 Å². The van der Waals surface area contributed by atoms with Crippen molar-refractivity contribution < 1.29 is 27.5 Å². The summed E-state index contributed by atoms with van der Waals surface area (Å²) in [4.78, 5) is 40.0. The van der Waals surface area contributed by atoms with Crippen molar-refractivity contribution in [3.63, 3.8) is 0 Å². The lowest BCUT2D eigenvalue weighted by molar-refractivity contribution is -0.136. The van der Waals surface area contributed by atoms with E-state index >= 15 is 0 Å². The first-order chi connectivity index (χ1) is 16.8. The quantitative estimate of drug-likeness (QED) is 0.390. The molecule has 1 aromatic carbocycles. The maximum Gasteiger partial charge on any atom is 0.339 e. The third-order valence-electron chi connectivity index (χ3n) is 6.57.